The Morgan fingerprint density at radius 3 is 2.50 bits per heavy atom. The van der Waals surface area contributed by atoms with Gasteiger partial charge in [-0.15, -0.1) is 17.0 Å². The standard InChI is InChI=1S/C8H15N2.BrH.Na.H/c1-3-4-6-10(2)7-5-9-8-10;;;/h5,7-8H,3-4,6H2,1-2H3;1H;;/q+1;;;. The summed E-state index contributed by atoms with van der Waals surface area (Å²) in [6, 6.07) is 0. The van der Waals surface area contributed by atoms with Crippen molar-refractivity contribution in [2.75, 3.05) is 13.6 Å². The molecule has 0 aromatic rings. The summed E-state index contributed by atoms with van der Waals surface area (Å²) in [5.74, 6) is 0. The molecular formula is C8H17BrN2Na+. The van der Waals surface area contributed by atoms with Crippen LogP contribution in [0, 0.1) is 0 Å². The van der Waals surface area contributed by atoms with Gasteiger partial charge in [-0.05, 0) is 6.42 Å². The number of rotatable bonds is 3. The maximum atomic E-state index is 4.06. The number of hydrogen-bond donors (Lipinski definition) is 0. The Kier molecular flexibility index (Phi) is 9.29. The van der Waals surface area contributed by atoms with Gasteiger partial charge in [0.25, 0.3) is 0 Å². The third-order valence-corrected chi connectivity index (χ3v) is 1.82. The van der Waals surface area contributed by atoms with E-state index in [-0.39, 0.29) is 46.5 Å². The van der Waals surface area contributed by atoms with Crippen molar-refractivity contribution in [3.8, 4) is 0 Å². The number of nitrogens with zero attached hydrogens (tertiary/aromatic N) is 2. The fourth-order valence-electron chi connectivity index (χ4n) is 1.05. The van der Waals surface area contributed by atoms with Gasteiger partial charge >= 0.3 is 29.6 Å². The molecule has 0 aliphatic carbocycles. The van der Waals surface area contributed by atoms with Crippen LogP contribution in [-0.4, -0.2) is 54.0 Å². The molecule has 0 aromatic carbocycles. The molecule has 1 rings (SSSR count). The minimum atomic E-state index is 0. The van der Waals surface area contributed by atoms with Gasteiger partial charge in [-0.1, -0.05) is 13.3 Å². The third-order valence-electron chi connectivity index (χ3n) is 1.82. The minimum absolute atomic E-state index is 0. The molecule has 0 N–H and O–H groups in total. The van der Waals surface area contributed by atoms with Gasteiger partial charge in [-0.3, -0.25) is 4.48 Å². The number of halogens is 1. The molecular weight excluding hydrogens is 227 g/mol. The van der Waals surface area contributed by atoms with Crippen LogP contribution in [0.3, 0.4) is 0 Å². The Hall–Kier alpha value is 0.850. The Balaban J connectivity index is 0. The van der Waals surface area contributed by atoms with Gasteiger partial charge in [0.1, 0.15) is 6.20 Å². The third kappa shape index (κ3) is 4.77. The van der Waals surface area contributed by atoms with E-state index in [4.69, 9.17) is 0 Å². The zero-order valence-electron chi connectivity index (χ0n) is 7.16. The molecule has 66 valence electrons. The van der Waals surface area contributed by atoms with E-state index in [0.29, 0.717) is 0 Å². The summed E-state index contributed by atoms with van der Waals surface area (Å²) < 4.78 is 0.883. The normalized spacial score (nSPS) is 24.8. The molecule has 0 spiro atoms. The number of hydrogen-bond acceptors (Lipinski definition) is 1. The molecule has 0 bridgehead atoms. The molecule has 0 amide bonds. The molecule has 1 heterocycles. The average molecular weight is 244 g/mol. The predicted molar refractivity (Wildman–Crippen MR) is 61.1 cm³/mol. The maximum absolute atomic E-state index is 4.06. The molecule has 1 aliphatic heterocycles. The summed E-state index contributed by atoms with van der Waals surface area (Å²) in [7, 11) is 2.17. The van der Waals surface area contributed by atoms with E-state index in [1.165, 1.54) is 19.4 Å². The summed E-state index contributed by atoms with van der Waals surface area (Å²) in [5.41, 5.74) is 0. The van der Waals surface area contributed by atoms with Crippen molar-refractivity contribution in [3.63, 3.8) is 0 Å². The van der Waals surface area contributed by atoms with E-state index in [1.807, 2.05) is 12.5 Å². The van der Waals surface area contributed by atoms with E-state index in [0.717, 1.165) is 4.48 Å². The van der Waals surface area contributed by atoms with Crippen LogP contribution in [-0.2, 0) is 0 Å². The molecule has 12 heavy (non-hydrogen) atoms. The number of quaternary nitrogens is 1. The molecule has 2 nitrogen and oxygen atoms in total. The summed E-state index contributed by atoms with van der Waals surface area (Å²) in [6.07, 6.45) is 8.50. The first-order valence-electron chi connectivity index (χ1n) is 3.84. The molecule has 0 saturated heterocycles. The SMILES string of the molecule is Br.CCCC[N+]1(C)C=CN=C1.[NaH]. The molecule has 0 saturated carbocycles. The molecule has 1 unspecified atom stereocenters. The molecule has 1 atom stereocenters. The quantitative estimate of drug-likeness (QED) is 0.529. The topological polar surface area (TPSA) is 12.4 Å². The second-order valence-electron chi connectivity index (χ2n) is 2.99. The molecule has 0 radical (unpaired) electrons. The van der Waals surface area contributed by atoms with Gasteiger partial charge in [-0.2, -0.15) is 0 Å². The molecule has 0 fully saturated rings. The number of aliphatic imine (C=N–C) groups is 1. The van der Waals surface area contributed by atoms with Crippen LogP contribution in [0.1, 0.15) is 19.8 Å². The fraction of sp³-hybridized carbons (Fsp3) is 0.625. The molecule has 1 aliphatic rings. The first-order valence-corrected chi connectivity index (χ1v) is 3.84. The van der Waals surface area contributed by atoms with E-state index in [9.17, 15) is 0 Å². The molecule has 0 aromatic heterocycles. The number of unbranched alkanes of at least 4 members (excludes halogenated alkanes) is 1. The Labute approximate surface area is 107 Å². The summed E-state index contributed by atoms with van der Waals surface area (Å²) >= 11 is 0. The van der Waals surface area contributed by atoms with Gasteiger partial charge in [0.2, 0.25) is 0 Å². The van der Waals surface area contributed by atoms with Crippen LogP contribution in [0.15, 0.2) is 17.4 Å². The van der Waals surface area contributed by atoms with Crippen LogP contribution in [0.25, 0.3) is 0 Å². The summed E-state index contributed by atoms with van der Waals surface area (Å²) in [4.78, 5) is 4.06. The van der Waals surface area contributed by atoms with Crippen LogP contribution in [0.2, 0.25) is 0 Å². The van der Waals surface area contributed by atoms with Crippen molar-refractivity contribution in [2.24, 2.45) is 4.99 Å². The zero-order chi connectivity index (χ0) is 7.45. The van der Waals surface area contributed by atoms with E-state index in [1.54, 1.807) is 0 Å². The second kappa shape index (κ2) is 7.27. The fourth-order valence-corrected chi connectivity index (χ4v) is 1.05. The summed E-state index contributed by atoms with van der Waals surface area (Å²) in [5, 5.41) is 0. The first kappa shape index (κ1) is 15.3. The van der Waals surface area contributed by atoms with Crippen molar-refractivity contribution in [1.29, 1.82) is 0 Å². The Morgan fingerprint density at radius 1 is 1.42 bits per heavy atom. The van der Waals surface area contributed by atoms with Crippen molar-refractivity contribution in [3.05, 3.63) is 12.4 Å². The van der Waals surface area contributed by atoms with E-state index >= 15 is 0 Å². The van der Waals surface area contributed by atoms with Crippen LogP contribution in [0.5, 0.6) is 0 Å². The second-order valence-corrected chi connectivity index (χ2v) is 2.99. The van der Waals surface area contributed by atoms with Crippen LogP contribution >= 0.6 is 17.0 Å². The van der Waals surface area contributed by atoms with Gasteiger partial charge in [-0.25, -0.2) is 4.99 Å². The van der Waals surface area contributed by atoms with Crippen LogP contribution in [0.4, 0.5) is 0 Å². The van der Waals surface area contributed by atoms with Crippen molar-refractivity contribution in [2.45, 2.75) is 19.8 Å². The van der Waals surface area contributed by atoms with E-state index in [2.05, 4.69) is 25.2 Å². The van der Waals surface area contributed by atoms with Gasteiger partial charge in [0.05, 0.1) is 19.8 Å². The van der Waals surface area contributed by atoms with Crippen molar-refractivity contribution < 1.29 is 4.48 Å². The van der Waals surface area contributed by atoms with Crippen molar-refractivity contribution >= 4 is 52.9 Å². The van der Waals surface area contributed by atoms with Gasteiger partial charge in [0, 0.05) is 0 Å². The van der Waals surface area contributed by atoms with Gasteiger partial charge < -0.3 is 0 Å². The first-order chi connectivity index (χ1) is 4.77. The van der Waals surface area contributed by atoms with E-state index < -0.39 is 0 Å². The Morgan fingerprint density at radius 2 is 2.08 bits per heavy atom. The zero-order valence-corrected chi connectivity index (χ0v) is 8.87. The predicted octanol–water partition coefficient (Wildman–Crippen LogP) is 1.68. The van der Waals surface area contributed by atoms with Gasteiger partial charge in [0.15, 0.2) is 6.34 Å². The van der Waals surface area contributed by atoms with Crippen LogP contribution < -0.4 is 0 Å². The average Bonchev–Trinajstić information content (AvgIpc) is 2.33. The monoisotopic (exact) mass is 243 g/mol. The Bertz CT molecular complexity index is 156. The van der Waals surface area contributed by atoms with Crippen molar-refractivity contribution in [1.82, 2.24) is 0 Å². The summed E-state index contributed by atoms with van der Waals surface area (Å²) in [6.45, 7) is 3.39. The molecule has 4 heteroatoms.